The van der Waals surface area contributed by atoms with Gasteiger partial charge in [-0.1, -0.05) is 72.8 Å². The van der Waals surface area contributed by atoms with E-state index in [-0.39, 0.29) is 12.5 Å². The van der Waals surface area contributed by atoms with Crippen LogP contribution >= 0.6 is 0 Å². The quantitative estimate of drug-likeness (QED) is 0.257. The zero-order valence-electron chi connectivity index (χ0n) is 18.6. The highest BCUT2D eigenvalue weighted by Gasteiger charge is 2.10. The Morgan fingerprint density at radius 3 is 1.94 bits per heavy atom. The summed E-state index contributed by atoms with van der Waals surface area (Å²) in [6, 6.07) is 27.2. The lowest BCUT2D eigenvalue weighted by Crippen LogP contribution is -2.22. The first-order valence-electron chi connectivity index (χ1n) is 11.0. The zero-order valence-corrected chi connectivity index (χ0v) is 18.6. The number of aliphatic hydroxyl groups excluding tert-OH is 1. The Morgan fingerprint density at radius 2 is 1.38 bits per heavy atom. The number of carbonyl (C=O) groups excluding carboxylic acids is 1. The molecule has 7 heteroatoms. The number of amides is 1. The molecule has 1 aromatic heterocycles. The summed E-state index contributed by atoms with van der Waals surface area (Å²) >= 11 is 0. The van der Waals surface area contributed by atoms with Crippen LogP contribution in [-0.4, -0.2) is 39.1 Å². The molecular weight excluding hydrogens is 426 g/mol. The lowest BCUT2D eigenvalue weighted by molar-refractivity contribution is -0.116. The number of aromatic nitrogens is 3. The van der Waals surface area contributed by atoms with Crippen molar-refractivity contribution >= 4 is 23.6 Å². The van der Waals surface area contributed by atoms with E-state index in [2.05, 4.69) is 25.6 Å². The van der Waals surface area contributed by atoms with Gasteiger partial charge in [-0.15, -0.1) is 0 Å². The highest BCUT2D eigenvalue weighted by molar-refractivity contribution is 5.91. The number of aliphatic hydroxyl groups is 1. The molecule has 34 heavy (non-hydrogen) atoms. The van der Waals surface area contributed by atoms with Crippen LogP contribution in [0.4, 0.5) is 11.6 Å². The van der Waals surface area contributed by atoms with E-state index in [9.17, 15) is 4.79 Å². The van der Waals surface area contributed by atoms with Crippen LogP contribution in [0.5, 0.6) is 0 Å². The lowest BCUT2D eigenvalue weighted by Gasteiger charge is -2.10. The minimum atomic E-state index is -0.192. The molecule has 0 radical (unpaired) electrons. The Morgan fingerprint density at radius 1 is 0.794 bits per heavy atom. The van der Waals surface area contributed by atoms with Crippen LogP contribution in [-0.2, 0) is 4.79 Å². The molecule has 0 saturated carbocycles. The maximum Gasteiger partial charge on any atom is 0.244 e. The number of hydrogen-bond donors (Lipinski definition) is 3. The second kappa shape index (κ2) is 11.5. The van der Waals surface area contributed by atoms with Crippen LogP contribution in [0.1, 0.15) is 12.0 Å². The summed E-state index contributed by atoms with van der Waals surface area (Å²) in [5.74, 6) is 1.43. The fourth-order valence-corrected chi connectivity index (χ4v) is 3.19. The highest BCUT2D eigenvalue weighted by atomic mass is 16.3. The highest BCUT2D eigenvalue weighted by Crippen LogP contribution is 2.23. The van der Waals surface area contributed by atoms with Crippen LogP contribution in [0.15, 0.2) is 91.0 Å². The smallest absolute Gasteiger partial charge is 0.244 e. The molecule has 0 spiro atoms. The van der Waals surface area contributed by atoms with Crippen LogP contribution < -0.4 is 10.6 Å². The van der Waals surface area contributed by atoms with E-state index in [4.69, 9.17) is 5.11 Å². The molecule has 0 saturated heterocycles. The van der Waals surface area contributed by atoms with Gasteiger partial charge in [0.25, 0.3) is 0 Å². The van der Waals surface area contributed by atoms with Gasteiger partial charge in [0.05, 0.1) is 0 Å². The molecule has 0 fully saturated rings. The Kier molecular flexibility index (Phi) is 7.71. The molecule has 0 atom stereocenters. The maximum absolute atomic E-state index is 11.8. The molecule has 3 aromatic carbocycles. The van der Waals surface area contributed by atoms with Gasteiger partial charge in [0.2, 0.25) is 11.9 Å². The van der Waals surface area contributed by atoms with Gasteiger partial charge in [-0.3, -0.25) is 4.79 Å². The van der Waals surface area contributed by atoms with Crippen LogP contribution in [0.3, 0.4) is 0 Å². The van der Waals surface area contributed by atoms with Gasteiger partial charge in [-0.2, -0.15) is 9.97 Å². The van der Waals surface area contributed by atoms with Gasteiger partial charge in [-0.25, -0.2) is 4.98 Å². The normalized spacial score (nSPS) is 10.9. The molecule has 0 unspecified atom stereocenters. The molecule has 0 aliphatic heterocycles. The summed E-state index contributed by atoms with van der Waals surface area (Å²) in [5.41, 5.74) is 3.51. The summed E-state index contributed by atoms with van der Waals surface area (Å²) in [4.78, 5) is 25.7. The largest absolute Gasteiger partial charge is 0.396 e. The standard InChI is InChI=1S/C27H25N5O2/c33-19-7-18-28-24(34)17-14-20-12-15-23(16-13-20)29-27-31-25(21-8-3-1-4-9-21)30-26(32-27)22-10-5-2-6-11-22/h1-6,8-17,33H,7,18-19H2,(H,28,34)(H,29,30,31,32)/b17-14+. The predicted molar refractivity (Wildman–Crippen MR) is 134 cm³/mol. The molecule has 0 bridgehead atoms. The first-order chi connectivity index (χ1) is 16.7. The summed E-state index contributed by atoms with van der Waals surface area (Å²) in [6.07, 6.45) is 3.75. The van der Waals surface area contributed by atoms with Crippen LogP contribution in [0, 0.1) is 0 Å². The van der Waals surface area contributed by atoms with Gasteiger partial charge in [0, 0.05) is 36.0 Å². The van der Waals surface area contributed by atoms with Crippen molar-refractivity contribution < 1.29 is 9.90 Å². The Balaban J connectivity index is 1.53. The summed E-state index contributed by atoms with van der Waals surface area (Å²) in [6.45, 7) is 0.504. The fraction of sp³-hybridized carbons (Fsp3) is 0.111. The predicted octanol–water partition coefficient (Wildman–Crippen LogP) is 4.46. The third-order valence-corrected chi connectivity index (χ3v) is 4.93. The number of nitrogens with one attached hydrogen (secondary N) is 2. The fourth-order valence-electron chi connectivity index (χ4n) is 3.19. The second-order valence-corrected chi connectivity index (χ2v) is 7.49. The number of benzene rings is 3. The summed E-state index contributed by atoms with van der Waals surface area (Å²) in [7, 11) is 0. The molecule has 4 aromatic rings. The first kappa shape index (κ1) is 22.8. The van der Waals surface area contributed by atoms with E-state index in [1.165, 1.54) is 6.08 Å². The van der Waals surface area contributed by atoms with Gasteiger partial charge < -0.3 is 15.7 Å². The monoisotopic (exact) mass is 451 g/mol. The Hall–Kier alpha value is -4.36. The molecular formula is C27H25N5O2. The Bertz CT molecular complexity index is 1190. The van der Waals surface area contributed by atoms with Gasteiger partial charge in [0.1, 0.15) is 0 Å². The Labute approximate surface area is 198 Å². The van der Waals surface area contributed by atoms with E-state index < -0.39 is 0 Å². The summed E-state index contributed by atoms with van der Waals surface area (Å²) in [5, 5.41) is 14.8. The lowest BCUT2D eigenvalue weighted by atomic mass is 10.2. The van der Waals surface area contributed by atoms with E-state index >= 15 is 0 Å². The van der Waals surface area contributed by atoms with E-state index in [0.717, 1.165) is 22.4 Å². The average Bonchev–Trinajstić information content (AvgIpc) is 2.89. The molecule has 3 N–H and O–H groups in total. The van der Waals surface area contributed by atoms with Gasteiger partial charge in [-0.05, 0) is 30.2 Å². The van der Waals surface area contributed by atoms with Crippen molar-refractivity contribution in [3.63, 3.8) is 0 Å². The third-order valence-electron chi connectivity index (χ3n) is 4.93. The zero-order chi connectivity index (χ0) is 23.6. The van der Waals surface area contributed by atoms with Crippen molar-refractivity contribution in [1.82, 2.24) is 20.3 Å². The van der Waals surface area contributed by atoms with E-state index in [1.54, 1.807) is 6.08 Å². The number of rotatable bonds is 9. The van der Waals surface area contributed by atoms with Crippen molar-refractivity contribution in [2.24, 2.45) is 0 Å². The van der Waals surface area contributed by atoms with Crippen molar-refractivity contribution in [3.05, 3.63) is 96.6 Å². The van der Waals surface area contributed by atoms with Crippen molar-refractivity contribution in [2.45, 2.75) is 6.42 Å². The maximum atomic E-state index is 11.8. The van der Waals surface area contributed by atoms with Gasteiger partial charge in [0.15, 0.2) is 11.6 Å². The SMILES string of the molecule is O=C(/C=C/c1ccc(Nc2nc(-c3ccccc3)nc(-c3ccccc3)n2)cc1)NCCCO. The molecule has 170 valence electrons. The van der Waals surface area contributed by atoms with Crippen molar-refractivity contribution in [1.29, 1.82) is 0 Å². The number of carbonyl (C=O) groups is 1. The van der Waals surface area contributed by atoms with Crippen molar-refractivity contribution in [3.8, 4) is 22.8 Å². The first-order valence-corrected chi connectivity index (χ1v) is 11.0. The molecule has 1 heterocycles. The third kappa shape index (κ3) is 6.34. The minimum absolute atomic E-state index is 0.0549. The molecule has 0 aliphatic carbocycles. The number of hydrogen-bond acceptors (Lipinski definition) is 6. The van der Waals surface area contributed by atoms with Crippen molar-refractivity contribution in [2.75, 3.05) is 18.5 Å². The summed E-state index contributed by atoms with van der Waals surface area (Å²) < 4.78 is 0. The van der Waals surface area contributed by atoms with E-state index in [1.807, 2.05) is 84.9 Å². The number of nitrogens with zero attached hydrogens (tertiary/aromatic N) is 3. The molecule has 0 aliphatic rings. The molecule has 4 rings (SSSR count). The van der Waals surface area contributed by atoms with Crippen LogP contribution in [0.25, 0.3) is 28.9 Å². The van der Waals surface area contributed by atoms with Crippen LogP contribution in [0.2, 0.25) is 0 Å². The average molecular weight is 452 g/mol. The van der Waals surface area contributed by atoms with Gasteiger partial charge >= 0.3 is 0 Å². The second-order valence-electron chi connectivity index (χ2n) is 7.49. The number of anilines is 2. The molecule has 1 amide bonds. The van der Waals surface area contributed by atoms with E-state index in [0.29, 0.717) is 30.6 Å². The topological polar surface area (TPSA) is 100 Å². The molecule has 7 nitrogen and oxygen atoms in total. The minimum Gasteiger partial charge on any atom is -0.396 e.